The predicted molar refractivity (Wildman–Crippen MR) is 79.4 cm³/mol. The van der Waals surface area contributed by atoms with Crippen LogP contribution in [-0.2, 0) is 4.74 Å². The van der Waals surface area contributed by atoms with Gasteiger partial charge in [-0.25, -0.2) is 0 Å². The van der Waals surface area contributed by atoms with Gasteiger partial charge >= 0.3 is 0 Å². The van der Waals surface area contributed by atoms with Gasteiger partial charge in [0.15, 0.2) is 12.2 Å². The van der Waals surface area contributed by atoms with Crippen molar-refractivity contribution in [3.63, 3.8) is 0 Å². The van der Waals surface area contributed by atoms with Gasteiger partial charge in [0.05, 0.1) is 13.7 Å². The van der Waals surface area contributed by atoms with Gasteiger partial charge in [0.1, 0.15) is 23.2 Å². The van der Waals surface area contributed by atoms with Gasteiger partial charge in [-0.1, -0.05) is 6.07 Å². The maximum atomic E-state index is 9.23. The summed E-state index contributed by atoms with van der Waals surface area (Å²) in [4.78, 5) is 3.99. The van der Waals surface area contributed by atoms with Gasteiger partial charge in [-0.3, -0.25) is 5.10 Å². The Morgan fingerprint density at radius 3 is 3.10 bits per heavy atom. The van der Waals surface area contributed by atoms with Gasteiger partial charge in [-0.2, -0.15) is 15.4 Å². The molecule has 0 aliphatic heterocycles. The average molecular weight is 285 g/mol. The molecule has 2 rings (SSSR count). The fourth-order valence-corrected chi connectivity index (χ4v) is 1.63. The molecule has 0 fully saturated rings. The maximum Gasteiger partial charge on any atom is 0.196 e. The van der Waals surface area contributed by atoms with Gasteiger partial charge in [0, 0.05) is 11.8 Å². The molecule has 1 heterocycles. The van der Waals surface area contributed by atoms with Crippen LogP contribution < -0.4 is 10.1 Å². The highest BCUT2D eigenvalue weighted by atomic mass is 16.5. The second kappa shape index (κ2) is 6.96. The van der Waals surface area contributed by atoms with E-state index in [-0.39, 0.29) is 5.82 Å². The van der Waals surface area contributed by atoms with Crippen LogP contribution >= 0.6 is 0 Å². The van der Waals surface area contributed by atoms with Gasteiger partial charge < -0.3 is 14.8 Å². The first-order chi connectivity index (χ1) is 10.3. The summed E-state index contributed by atoms with van der Waals surface area (Å²) < 4.78 is 10.2. The van der Waals surface area contributed by atoms with Crippen molar-refractivity contribution >= 4 is 23.7 Å². The van der Waals surface area contributed by atoms with Crippen LogP contribution in [-0.4, -0.2) is 30.3 Å². The predicted octanol–water partition coefficient (Wildman–Crippen LogP) is 2.73. The number of nitrogens with one attached hydrogen (secondary N) is 2. The first kappa shape index (κ1) is 14.4. The van der Waals surface area contributed by atoms with E-state index in [9.17, 15) is 5.26 Å². The molecule has 21 heavy (non-hydrogen) atoms. The number of nitriles is 1. The van der Waals surface area contributed by atoms with Crippen molar-refractivity contribution < 1.29 is 9.47 Å². The number of benzene rings is 1. The molecule has 0 spiro atoms. The van der Waals surface area contributed by atoms with Crippen molar-refractivity contribution in [3.05, 3.63) is 29.8 Å². The van der Waals surface area contributed by atoms with Gasteiger partial charge in [-0.05, 0) is 19.1 Å². The third-order valence-corrected chi connectivity index (χ3v) is 2.61. The summed E-state index contributed by atoms with van der Waals surface area (Å²) in [7, 11) is 1.59. The Bertz CT molecular complexity index is 672. The summed E-state index contributed by atoms with van der Waals surface area (Å²) in [5, 5.41) is 19.0. The summed E-state index contributed by atoms with van der Waals surface area (Å²) in [5.74, 6) is 1.46. The second-order valence-corrected chi connectivity index (χ2v) is 3.96. The Morgan fingerprint density at radius 1 is 1.52 bits per heavy atom. The molecule has 0 saturated carbocycles. The van der Waals surface area contributed by atoms with Crippen LogP contribution in [0.2, 0.25) is 0 Å². The number of aromatic nitrogens is 2. The zero-order valence-corrected chi connectivity index (χ0v) is 11.8. The quantitative estimate of drug-likeness (QED) is 0.628. The number of nitrogens with zero attached hydrogens (tertiary/aromatic N) is 3. The van der Waals surface area contributed by atoms with E-state index in [2.05, 4.69) is 26.6 Å². The number of aliphatic imine (C=N–C) groups is 1. The van der Waals surface area contributed by atoms with Crippen LogP contribution in [0.1, 0.15) is 12.5 Å². The summed E-state index contributed by atoms with van der Waals surface area (Å²) in [5.41, 5.74) is 1.09. The lowest BCUT2D eigenvalue weighted by Crippen LogP contribution is -1.93. The molecular weight excluding hydrogens is 270 g/mol. The third-order valence-electron chi connectivity index (χ3n) is 2.61. The second-order valence-electron chi connectivity index (χ2n) is 3.96. The lowest BCUT2D eigenvalue weighted by Gasteiger charge is -2.06. The molecule has 7 heteroatoms. The molecule has 0 saturated heterocycles. The summed E-state index contributed by atoms with van der Waals surface area (Å²) >= 11 is 0. The van der Waals surface area contributed by atoms with E-state index in [1.54, 1.807) is 7.11 Å². The molecule has 0 bridgehead atoms. The number of hydrogen-bond donors (Lipinski definition) is 2. The molecule has 1 aromatic carbocycles. The van der Waals surface area contributed by atoms with Crippen LogP contribution in [0.4, 0.5) is 17.3 Å². The number of ether oxygens (including phenoxy) is 2. The van der Waals surface area contributed by atoms with Crippen molar-refractivity contribution in [2.45, 2.75) is 6.92 Å². The Morgan fingerprint density at radius 2 is 2.38 bits per heavy atom. The Balaban J connectivity index is 2.22. The normalized spacial score (nSPS) is 10.3. The number of rotatable bonds is 6. The smallest absolute Gasteiger partial charge is 0.196 e. The van der Waals surface area contributed by atoms with Crippen molar-refractivity contribution in [2.24, 2.45) is 4.99 Å². The molecule has 2 aromatic rings. The Labute approximate surface area is 122 Å². The van der Waals surface area contributed by atoms with E-state index in [4.69, 9.17) is 9.47 Å². The van der Waals surface area contributed by atoms with E-state index in [0.29, 0.717) is 23.7 Å². The van der Waals surface area contributed by atoms with E-state index < -0.39 is 0 Å². The number of methoxy groups -OCH3 is 1. The number of H-pyrrole nitrogens is 1. The van der Waals surface area contributed by atoms with Crippen molar-refractivity contribution in [2.75, 3.05) is 19.0 Å². The molecular formula is C14H15N5O2. The van der Waals surface area contributed by atoms with E-state index in [1.807, 2.05) is 31.2 Å². The minimum absolute atomic E-state index is 0.274. The fraction of sp³-hybridized carbons (Fsp3) is 0.214. The molecule has 0 radical (unpaired) electrons. The maximum absolute atomic E-state index is 9.23. The number of hydrogen-bond acceptors (Lipinski definition) is 6. The summed E-state index contributed by atoms with van der Waals surface area (Å²) in [6.07, 6.45) is 1.27. The zero-order valence-electron chi connectivity index (χ0n) is 11.8. The van der Waals surface area contributed by atoms with Crippen molar-refractivity contribution in [1.29, 1.82) is 5.26 Å². The van der Waals surface area contributed by atoms with Crippen LogP contribution in [0.5, 0.6) is 5.75 Å². The topological polar surface area (TPSA) is 95.3 Å². The standard InChI is InChI=1S/C14H15N5O2/c1-3-21-9-16-13-12(8-15)14(19-18-13)17-10-5-4-6-11(7-10)20-2/h4-7,9H,3H2,1-2H3,(H2,17,18,19). The Hall–Kier alpha value is -3.01. The highest BCUT2D eigenvalue weighted by Crippen LogP contribution is 2.26. The average Bonchev–Trinajstić information content (AvgIpc) is 2.89. The minimum atomic E-state index is 0.274. The van der Waals surface area contributed by atoms with Gasteiger partial charge in [-0.15, -0.1) is 0 Å². The van der Waals surface area contributed by atoms with Crippen LogP contribution in [0.15, 0.2) is 29.3 Å². The van der Waals surface area contributed by atoms with E-state index in [0.717, 1.165) is 5.69 Å². The molecule has 0 amide bonds. The molecule has 2 N–H and O–H groups in total. The molecule has 0 atom stereocenters. The SMILES string of the molecule is CCOC=Nc1n[nH]c(Nc2cccc(OC)c2)c1C#N. The highest BCUT2D eigenvalue weighted by molar-refractivity contribution is 5.71. The summed E-state index contributed by atoms with van der Waals surface area (Å²) in [6, 6.07) is 9.41. The number of aromatic amines is 1. The monoisotopic (exact) mass is 285 g/mol. The highest BCUT2D eigenvalue weighted by Gasteiger charge is 2.12. The number of anilines is 2. The van der Waals surface area contributed by atoms with Crippen LogP contribution in [0.3, 0.4) is 0 Å². The fourth-order valence-electron chi connectivity index (χ4n) is 1.63. The van der Waals surface area contributed by atoms with Crippen LogP contribution in [0, 0.1) is 11.3 Å². The summed E-state index contributed by atoms with van der Waals surface area (Å²) in [6.45, 7) is 2.35. The van der Waals surface area contributed by atoms with E-state index >= 15 is 0 Å². The van der Waals surface area contributed by atoms with Crippen molar-refractivity contribution in [3.8, 4) is 11.8 Å². The van der Waals surface area contributed by atoms with Crippen LogP contribution in [0.25, 0.3) is 0 Å². The van der Waals surface area contributed by atoms with E-state index in [1.165, 1.54) is 6.40 Å². The Kier molecular flexibility index (Phi) is 4.77. The molecule has 7 nitrogen and oxygen atoms in total. The molecule has 108 valence electrons. The molecule has 0 unspecified atom stereocenters. The first-order valence-electron chi connectivity index (χ1n) is 6.32. The third kappa shape index (κ3) is 3.51. The lowest BCUT2D eigenvalue weighted by atomic mass is 10.2. The molecule has 1 aromatic heterocycles. The first-order valence-corrected chi connectivity index (χ1v) is 6.32. The largest absolute Gasteiger partial charge is 0.497 e. The molecule has 0 aliphatic carbocycles. The molecule has 0 aliphatic rings. The van der Waals surface area contributed by atoms with Crippen molar-refractivity contribution in [1.82, 2.24) is 10.2 Å². The lowest BCUT2D eigenvalue weighted by molar-refractivity contribution is 0.344. The van der Waals surface area contributed by atoms with Gasteiger partial charge in [0.2, 0.25) is 0 Å². The zero-order chi connectivity index (χ0) is 15.1. The van der Waals surface area contributed by atoms with Gasteiger partial charge in [0.25, 0.3) is 0 Å². The minimum Gasteiger partial charge on any atom is -0.497 e.